The lowest BCUT2D eigenvalue weighted by molar-refractivity contribution is 0.151. The van der Waals surface area contributed by atoms with Gasteiger partial charge in [-0.3, -0.25) is 0 Å². The number of aromatic nitrogens is 5. The summed E-state index contributed by atoms with van der Waals surface area (Å²) in [5.74, 6) is 0.581. The second-order valence-electron chi connectivity index (χ2n) is 6.41. The van der Waals surface area contributed by atoms with E-state index in [9.17, 15) is 8.78 Å². The standard InChI is InChI=1S/C20H18F2N8O/c1-12(9-15(24)10-23)25-18-7-8-19(28-27-18)31-11-17-13(2)26-29-30(17)16-5-3-14(4-6-16)20(21)22/h3-9,20H,11,24H2,1-2H3. The van der Waals surface area contributed by atoms with Crippen LogP contribution in [0.1, 0.15) is 30.3 Å². The number of nitrogens with zero attached hydrogens (tertiary/aromatic N) is 7. The van der Waals surface area contributed by atoms with Gasteiger partial charge in [-0.2, -0.15) is 5.26 Å². The lowest BCUT2D eigenvalue weighted by Gasteiger charge is -2.09. The lowest BCUT2D eigenvalue weighted by Crippen LogP contribution is -2.07. The molecule has 2 N–H and O–H groups in total. The quantitative estimate of drug-likeness (QED) is 0.455. The molecule has 0 spiro atoms. The number of aliphatic imine (C=N–C) groups is 1. The van der Waals surface area contributed by atoms with Crippen molar-refractivity contribution in [3.05, 3.63) is 65.1 Å². The number of ether oxygens (including phenoxy) is 1. The monoisotopic (exact) mass is 424 g/mol. The number of nitrogens with two attached hydrogens (primary N) is 1. The van der Waals surface area contributed by atoms with Crippen LogP contribution in [0.5, 0.6) is 5.88 Å². The van der Waals surface area contributed by atoms with Gasteiger partial charge in [0.1, 0.15) is 24.1 Å². The van der Waals surface area contributed by atoms with Gasteiger partial charge in [0, 0.05) is 17.3 Å². The SMILES string of the molecule is CC(C=C(N)C#N)=Nc1ccc(OCc2c(C)nnn2-c2ccc(C(F)F)cc2)nn1. The Balaban J connectivity index is 1.72. The molecule has 11 heteroatoms. The molecule has 0 unspecified atom stereocenters. The number of aryl methyl sites for hydroxylation is 1. The molecular weight excluding hydrogens is 406 g/mol. The Morgan fingerprint density at radius 3 is 2.58 bits per heavy atom. The van der Waals surface area contributed by atoms with Crippen molar-refractivity contribution in [2.45, 2.75) is 26.9 Å². The molecule has 0 aliphatic carbocycles. The van der Waals surface area contributed by atoms with Gasteiger partial charge in [-0.05, 0) is 38.1 Å². The van der Waals surface area contributed by atoms with Crippen LogP contribution < -0.4 is 10.5 Å². The number of allylic oxidation sites excluding steroid dienone is 2. The maximum Gasteiger partial charge on any atom is 0.263 e. The fourth-order valence-electron chi connectivity index (χ4n) is 2.57. The number of alkyl halides is 2. The number of benzene rings is 1. The zero-order valence-electron chi connectivity index (χ0n) is 16.7. The zero-order chi connectivity index (χ0) is 22.4. The van der Waals surface area contributed by atoms with Gasteiger partial charge in [0.15, 0.2) is 5.82 Å². The van der Waals surface area contributed by atoms with E-state index < -0.39 is 6.43 Å². The summed E-state index contributed by atoms with van der Waals surface area (Å²) in [7, 11) is 0. The van der Waals surface area contributed by atoms with E-state index in [-0.39, 0.29) is 23.7 Å². The molecule has 0 aliphatic rings. The molecule has 3 aromatic rings. The number of halogens is 2. The third kappa shape index (κ3) is 5.45. The number of rotatable bonds is 7. The molecule has 0 saturated heterocycles. The molecule has 1 aromatic carbocycles. The fourth-order valence-corrected chi connectivity index (χ4v) is 2.57. The van der Waals surface area contributed by atoms with E-state index in [4.69, 9.17) is 15.7 Å². The Labute approximate surface area is 176 Å². The first-order valence-corrected chi connectivity index (χ1v) is 9.06. The summed E-state index contributed by atoms with van der Waals surface area (Å²) in [6, 6.07) is 10.8. The largest absolute Gasteiger partial charge is 0.470 e. The average Bonchev–Trinajstić information content (AvgIpc) is 3.13. The van der Waals surface area contributed by atoms with Gasteiger partial charge >= 0.3 is 0 Å². The third-order valence-electron chi connectivity index (χ3n) is 4.11. The van der Waals surface area contributed by atoms with Crippen LogP contribution in [0.3, 0.4) is 0 Å². The van der Waals surface area contributed by atoms with Crippen molar-refractivity contribution in [2.24, 2.45) is 10.7 Å². The van der Waals surface area contributed by atoms with Crippen LogP contribution in [-0.2, 0) is 6.61 Å². The van der Waals surface area contributed by atoms with Crippen LogP contribution in [0.4, 0.5) is 14.6 Å². The molecule has 0 amide bonds. The topological polar surface area (TPSA) is 128 Å². The van der Waals surface area contributed by atoms with Crippen molar-refractivity contribution in [3.8, 4) is 17.6 Å². The highest BCUT2D eigenvalue weighted by atomic mass is 19.3. The second kappa shape index (κ2) is 9.53. The molecule has 2 heterocycles. The molecule has 0 atom stereocenters. The molecule has 0 saturated carbocycles. The Hall–Kier alpha value is -4.20. The lowest BCUT2D eigenvalue weighted by atomic mass is 10.2. The van der Waals surface area contributed by atoms with E-state index in [1.54, 1.807) is 44.2 Å². The van der Waals surface area contributed by atoms with Crippen molar-refractivity contribution in [1.29, 1.82) is 5.26 Å². The minimum Gasteiger partial charge on any atom is -0.470 e. The maximum atomic E-state index is 12.8. The summed E-state index contributed by atoms with van der Waals surface area (Å²) < 4.78 is 32.7. The summed E-state index contributed by atoms with van der Waals surface area (Å²) in [4.78, 5) is 4.19. The molecule has 3 rings (SSSR count). The number of nitriles is 1. The van der Waals surface area contributed by atoms with Crippen molar-refractivity contribution in [3.63, 3.8) is 0 Å². The minimum absolute atomic E-state index is 0.0404. The summed E-state index contributed by atoms with van der Waals surface area (Å²) in [5.41, 5.74) is 7.77. The maximum absolute atomic E-state index is 12.8. The predicted molar refractivity (Wildman–Crippen MR) is 108 cm³/mol. The zero-order valence-corrected chi connectivity index (χ0v) is 16.7. The smallest absolute Gasteiger partial charge is 0.263 e. The molecular formula is C20H18F2N8O. The molecule has 0 bridgehead atoms. The van der Waals surface area contributed by atoms with E-state index >= 15 is 0 Å². The van der Waals surface area contributed by atoms with Gasteiger partial charge in [-0.1, -0.05) is 17.3 Å². The van der Waals surface area contributed by atoms with Crippen LogP contribution in [0.15, 0.2) is 53.2 Å². The van der Waals surface area contributed by atoms with Gasteiger partial charge in [-0.15, -0.1) is 15.3 Å². The van der Waals surface area contributed by atoms with Crippen molar-refractivity contribution < 1.29 is 13.5 Å². The highest BCUT2D eigenvalue weighted by molar-refractivity contribution is 5.95. The van der Waals surface area contributed by atoms with E-state index in [0.29, 0.717) is 28.6 Å². The third-order valence-corrected chi connectivity index (χ3v) is 4.11. The first-order valence-electron chi connectivity index (χ1n) is 9.06. The fraction of sp³-hybridized carbons (Fsp3) is 0.200. The van der Waals surface area contributed by atoms with Crippen LogP contribution in [0, 0.1) is 18.3 Å². The summed E-state index contributed by atoms with van der Waals surface area (Å²) in [6.45, 7) is 3.54. The second-order valence-corrected chi connectivity index (χ2v) is 6.41. The molecule has 0 fully saturated rings. The van der Waals surface area contributed by atoms with Gasteiger partial charge < -0.3 is 10.5 Å². The molecule has 0 aliphatic heterocycles. The highest BCUT2D eigenvalue weighted by Crippen LogP contribution is 2.21. The van der Waals surface area contributed by atoms with Crippen LogP contribution >= 0.6 is 0 Å². The number of hydrogen-bond acceptors (Lipinski definition) is 8. The van der Waals surface area contributed by atoms with Crippen LogP contribution in [-0.4, -0.2) is 30.9 Å². The van der Waals surface area contributed by atoms with E-state index in [1.165, 1.54) is 22.9 Å². The minimum atomic E-state index is -2.54. The highest BCUT2D eigenvalue weighted by Gasteiger charge is 2.14. The summed E-state index contributed by atoms with van der Waals surface area (Å²) in [6.07, 6.45) is -1.11. The number of hydrogen-bond donors (Lipinski definition) is 1. The summed E-state index contributed by atoms with van der Waals surface area (Å²) >= 11 is 0. The van der Waals surface area contributed by atoms with Gasteiger partial charge in [0.2, 0.25) is 5.88 Å². The van der Waals surface area contributed by atoms with Crippen molar-refractivity contribution >= 4 is 11.5 Å². The molecule has 158 valence electrons. The van der Waals surface area contributed by atoms with Crippen LogP contribution in [0.25, 0.3) is 5.69 Å². The Kier molecular flexibility index (Phi) is 6.61. The molecule has 31 heavy (non-hydrogen) atoms. The van der Waals surface area contributed by atoms with Crippen molar-refractivity contribution in [1.82, 2.24) is 25.2 Å². The van der Waals surface area contributed by atoms with Crippen LogP contribution in [0.2, 0.25) is 0 Å². The Morgan fingerprint density at radius 2 is 1.97 bits per heavy atom. The average molecular weight is 424 g/mol. The van der Waals surface area contributed by atoms with E-state index in [2.05, 4.69) is 25.5 Å². The molecule has 9 nitrogen and oxygen atoms in total. The van der Waals surface area contributed by atoms with Crippen molar-refractivity contribution in [2.75, 3.05) is 0 Å². The van der Waals surface area contributed by atoms with E-state index in [1.807, 2.05) is 0 Å². The van der Waals surface area contributed by atoms with Gasteiger partial charge in [-0.25, -0.2) is 18.5 Å². The normalized spacial score (nSPS) is 12.1. The Morgan fingerprint density at radius 1 is 1.23 bits per heavy atom. The first-order chi connectivity index (χ1) is 14.9. The molecule has 2 aromatic heterocycles. The van der Waals surface area contributed by atoms with Gasteiger partial charge in [0.25, 0.3) is 6.43 Å². The van der Waals surface area contributed by atoms with Gasteiger partial charge in [0.05, 0.1) is 11.4 Å². The summed E-state index contributed by atoms with van der Waals surface area (Å²) in [5, 5.41) is 24.7. The predicted octanol–water partition coefficient (Wildman–Crippen LogP) is 3.34. The van der Waals surface area contributed by atoms with E-state index in [0.717, 1.165) is 0 Å². The first kappa shape index (κ1) is 21.5. The molecule has 0 radical (unpaired) electrons. The Bertz CT molecular complexity index is 1150.